The lowest BCUT2D eigenvalue weighted by Gasteiger charge is -2.25. The fraction of sp³-hybridized carbons (Fsp3) is 0.368. The fourth-order valence-electron chi connectivity index (χ4n) is 3.80. The van der Waals surface area contributed by atoms with Crippen LogP contribution in [-0.4, -0.2) is 29.3 Å². The molecule has 1 aliphatic carbocycles. The normalized spacial score (nSPS) is 22.4. The molecule has 5 heteroatoms. The number of likely N-dealkylation sites (tertiary alicyclic amines) is 1. The standard InChI is InChI=1S/C19H20N2O2S/c22-18(20-15-10-9-13-5-1-2-6-14(13)15)16-7-3-11-21(16)19(23)17-8-4-12-24-17/h1-2,4-6,8,12,15-16H,3,7,9-11H2,(H,20,22)/t15-,16+/m0/s1. The zero-order valence-electron chi connectivity index (χ0n) is 13.4. The summed E-state index contributed by atoms with van der Waals surface area (Å²) in [6, 6.07) is 11.7. The van der Waals surface area contributed by atoms with Crippen LogP contribution in [0.1, 0.15) is 46.1 Å². The highest BCUT2D eigenvalue weighted by Gasteiger charge is 2.36. The first-order valence-corrected chi connectivity index (χ1v) is 9.34. The molecule has 24 heavy (non-hydrogen) atoms. The summed E-state index contributed by atoms with van der Waals surface area (Å²) in [5, 5.41) is 5.07. The van der Waals surface area contributed by atoms with Crippen molar-refractivity contribution in [3.05, 3.63) is 57.8 Å². The molecule has 0 unspecified atom stereocenters. The number of rotatable bonds is 3. The number of aryl methyl sites for hydroxylation is 1. The van der Waals surface area contributed by atoms with E-state index in [0.29, 0.717) is 11.4 Å². The number of hydrogen-bond acceptors (Lipinski definition) is 3. The first kappa shape index (κ1) is 15.4. The van der Waals surface area contributed by atoms with E-state index in [-0.39, 0.29) is 23.9 Å². The molecule has 1 aliphatic heterocycles. The smallest absolute Gasteiger partial charge is 0.264 e. The van der Waals surface area contributed by atoms with E-state index in [1.165, 1.54) is 22.5 Å². The van der Waals surface area contributed by atoms with Crippen molar-refractivity contribution in [2.24, 2.45) is 0 Å². The van der Waals surface area contributed by atoms with Gasteiger partial charge in [0.1, 0.15) is 6.04 Å². The van der Waals surface area contributed by atoms with E-state index >= 15 is 0 Å². The lowest BCUT2D eigenvalue weighted by molar-refractivity contribution is -0.125. The predicted molar refractivity (Wildman–Crippen MR) is 94.0 cm³/mol. The Morgan fingerprint density at radius 1 is 1.12 bits per heavy atom. The number of fused-ring (bicyclic) bond motifs is 1. The van der Waals surface area contributed by atoms with Gasteiger partial charge in [-0.2, -0.15) is 0 Å². The molecule has 0 spiro atoms. The highest BCUT2D eigenvalue weighted by atomic mass is 32.1. The Hall–Kier alpha value is -2.14. The molecule has 4 rings (SSSR count). The number of nitrogens with zero attached hydrogens (tertiary/aromatic N) is 1. The van der Waals surface area contributed by atoms with E-state index in [2.05, 4.69) is 17.4 Å². The Morgan fingerprint density at radius 2 is 2.00 bits per heavy atom. The van der Waals surface area contributed by atoms with Crippen LogP contribution in [0.5, 0.6) is 0 Å². The van der Waals surface area contributed by atoms with Gasteiger partial charge in [0.25, 0.3) is 5.91 Å². The average Bonchev–Trinajstić information content (AvgIpc) is 3.35. The van der Waals surface area contributed by atoms with Gasteiger partial charge in [0.15, 0.2) is 0 Å². The van der Waals surface area contributed by atoms with Crippen LogP contribution in [0, 0.1) is 0 Å². The SMILES string of the molecule is O=C(N[C@H]1CCc2ccccc21)[C@H]1CCCN1C(=O)c1cccs1. The molecular weight excluding hydrogens is 320 g/mol. The number of nitrogens with one attached hydrogen (secondary N) is 1. The molecule has 2 atom stereocenters. The van der Waals surface area contributed by atoms with Gasteiger partial charge in [-0.05, 0) is 48.3 Å². The van der Waals surface area contributed by atoms with E-state index < -0.39 is 0 Å². The van der Waals surface area contributed by atoms with Crippen molar-refractivity contribution >= 4 is 23.2 Å². The maximum absolute atomic E-state index is 12.8. The number of carbonyl (C=O) groups is 2. The quantitative estimate of drug-likeness (QED) is 0.933. The van der Waals surface area contributed by atoms with Gasteiger partial charge in [0.05, 0.1) is 10.9 Å². The number of hydrogen-bond donors (Lipinski definition) is 1. The second kappa shape index (κ2) is 6.40. The van der Waals surface area contributed by atoms with Gasteiger partial charge in [0.2, 0.25) is 5.91 Å². The molecule has 2 heterocycles. The molecule has 0 bridgehead atoms. The molecule has 2 aliphatic rings. The van der Waals surface area contributed by atoms with Crippen molar-refractivity contribution in [1.82, 2.24) is 10.2 Å². The van der Waals surface area contributed by atoms with Gasteiger partial charge in [-0.25, -0.2) is 0 Å². The molecule has 1 aromatic heterocycles. The van der Waals surface area contributed by atoms with Crippen molar-refractivity contribution in [1.29, 1.82) is 0 Å². The van der Waals surface area contributed by atoms with E-state index in [1.807, 2.05) is 29.6 Å². The summed E-state index contributed by atoms with van der Waals surface area (Å²) in [4.78, 5) is 27.9. The molecule has 0 saturated carbocycles. The zero-order valence-corrected chi connectivity index (χ0v) is 14.2. The molecule has 1 aromatic carbocycles. The average molecular weight is 340 g/mol. The molecule has 2 aromatic rings. The van der Waals surface area contributed by atoms with Crippen LogP contribution in [0.3, 0.4) is 0 Å². The molecule has 1 saturated heterocycles. The van der Waals surface area contributed by atoms with E-state index in [0.717, 1.165) is 25.7 Å². The Kier molecular flexibility index (Phi) is 4.10. The van der Waals surface area contributed by atoms with Gasteiger partial charge in [-0.1, -0.05) is 30.3 Å². The minimum Gasteiger partial charge on any atom is -0.347 e. The van der Waals surface area contributed by atoms with Crippen molar-refractivity contribution in [2.45, 2.75) is 37.8 Å². The fourth-order valence-corrected chi connectivity index (χ4v) is 4.48. The van der Waals surface area contributed by atoms with Crippen LogP contribution < -0.4 is 5.32 Å². The van der Waals surface area contributed by atoms with Crippen molar-refractivity contribution in [3.8, 4) is 0 Å². The monoisotopic (exact) mass is 340 g/mol. The molecule has 1 fully saturated rings. The summed E-state index contributed by atoms with van der Waals surface area (Å²) < 4.78 is 0. The van der Waals surface area contributed by atoms with Gasteiger partial charge in [0, 0.05) is 6.54 Å². The third-order valence-electron chi connectivity index (χ3n) is 5.00. The first-order valence-electron chi connectivity index (χ1n) is 8.46. The highest BCUT2D eigenvalue weighted by molar-refractivity contribution is 7.12. The van der Waals surface area contributed by atoms with Crippen LogP contribution in [0.4, 0.5) is 0 Å². The van der Waals surface area contributed by atoms with Crippen LogP contribution >= 0.6 is 11.3 Å². The number of benzene rings is 1. The number of amides is 2. The minimum atomic E-state index is -0.340. The third-order valence-corrected chi connectivity index (χ3v) is 5.86. The first-order chi connectivity index (χ1) is 11.7. The van der Waals surface area contributed by atoms with E-state index in [1.54, 1.807) is 4.90 Å². The highest BCUT2D eigenvalue weighted by Crippen LogP contribution is 2.31. The molecule has 0 radical (unpaired) electrons. The Balaban J connectivity index is 1.47. The van der Waals surface area contributed by atoms with Gasteiger partial charge >= 0.3 is 0 Å². The lowest BCUT2D eigenvalue weighted by atomic mass is 10.1. The zero-order chi connectivity index (χ0) is 16.5. The Labute approximate surface area is 145 Å². The third kappa shape index (κ3) is 2.73. The largest absolute Gasteiger partial charge is 0.347 e. The number of thiophene rings is 1. The summed E-state index contributed by atoms with van der Waals surface area (Å²) in [7, 11) is 0. The predicted octanol–water partition coefficient (Wildman–Crippen LogP) is 3.16. The summed E-state index contributed by atoms with van der Waals surface area (Å²) in [5.74, 6) is -0.0337. The van der Waals surface area contributed by atoms with Crippen molar-refractivity contribution in [2.75, 3.05) is 6.54 Å². The maximum atomic E-state index is 12.8. The van der Waals surface area contributed by atoms with E-state index in [4.69, 9.17) is 0 Å². The van der Waals surface area contributed by atoms with Crippen LogP contribution in [0.2, 0.25) is 0 Å². The molecule has 1 N–H and O–H groups in total. The van der Waals surface area contributed by atoms with Gasteiger partial charge < -0.3 is 10.2 Å². The van der Waals surface area contributed by atoms with Crippen molar-refractivity contribution in [3.63, 3.8) is 0 Å². The van der Waals surface area contributed by atoms with Gasteiger partial charge in [-0.15, -0.1) is 11.3 Å². The van der Waals surface area contributed by atoms with Crippen LogP contribution in [-0.2, 0) is 11.2 Å². The second-order valence-electron chi connectivity index (χ2n) is 6.43. The second-order valence-corrected chi connectivity index (χ2v) is 7.38. The topological polar surface area (TPSA) is 49.4 Å². The summed E-state index contributed by atoms with van der Waals surface area (Å²) in [6.45, 7) is 0.663. The molecular formula is C19H20N2O2S. The summed E-state index contributed by atoms with van der Waals surface area (Å²) >= 11 is 1.43. The Bertz CT molecular complexity index is 756. The lowest BCUT2D eigenvalue weighted by Crippen LogP contribution is -2.46. The van der Waals surface area contributed by atoms with Crippen molar-refractivity contribution < 1.29 is 9.59 Å². The van der Waals surface area contributed by atoms with Crippen LogP contribution in [0.25, 0.3) is 0 Å². The summed E-state index contributed by atoms with van der Waals surface area (Å²) in [6.07, 6.45) is 3.58. The Morgan fingerprint density at radius 3 is 2.83 bits per heavy atom. The van der Waals surface area contributed by atoms with Crippen LogP contribution in [0.15, 0.2) is 41.8 Å². The molecule has 2 amide bonds. The molecule has 124 valence electrons. The minimum absolute atomic E-state index is 0.0147. The van der Waals surface area contributed by atoms with Gasteiger partial charge in [-0.3, -0.25) is 9.59 Å². The summed E-state index contributed by atoms with van der Waals surface area (Å²) in [5.41, 5.74) is 2.54. The maximum Gasteiger partial charge on any atom is 0.264 e. The number of carbonyl (C=O) groups excluding carboxylic acids is 2. The van der Waals surface area contributed by atoms with E-state index in [9.17, 15) is 9.59 Å². The molecule has 4 nitrogen and oxygen atoms in total.